The van der Waals surface area contributed by atoms with E-state index >= 15 is 0 Å². The average Bonchev–Trinajstić information content (AvgIpc) is 3.10. The Balaban J connectivity index is 1.61. The highest BCUT2D eigenvalue weighted by atomic mass is 16.5. The minimum absolute atomic E-state index is 0.211. The van der Waals surface area contributed by atoms with E-state index in [1.165, 1.54) is 7.11 Å². The number of amides is 1. The summed E-state index contributed by atoms with van der Waals surface area (Å²) in [5, 5.41) is 3.80. The maximum absolute atomic E-state index is 12.1. The molecule has 0 unspecified atom stereocenters. The number of methoxy groups -OCH3 is 1. The van der Waals surface area contributed by atoms with Crippen LogP contribution in [0.1, 0.15) is 29.1 Å². The maximum atomic E-state index is 12.1. The van der Waals surface area contributed by atoms with Gasteiger partial charge in [0.25, 0.3) is 5.91 Å². The van der Waals surface area contributed by atoms with Gasteiger partial charge in [-0.2, -0.15) is 0 Å². The van der Waals surface area contributed by atoms with Gasteiger partial charge in [0.2, 0.25) is 0 Å². The lowest BCUT2D eigenvalue weighted by atomic mass is 10.2. The van der Waals surface area contributed by atoms with Gasteiger partial charge >= 0.3 is 0 Å². The fraction of sp³-hybridized carbons (Fsp3) is 0.200. The van der Waals surface area contributed by atoms with Crippen LogP contribution in [0.2, 0.25) is 0 Å². The van der Waals surface area contributed by atoms with E-state index < -0.39 is 0 Å². The van der Waals surface area contributed by atoms with Gasteiger partial charge in [-0.1, -0.05) is 18.2 Å². The lowest BCUT2D eigenvalue weighted by molar-refractivity contribution is -0.123. The summed E-state index contributed by atoms with van der Waals surface area (Å²) in [5.41, 5.74) is 1.09. The molecule has 0 spiro atoms. The largest absolute Gasteiger partial charge is 0.497 e. The standard InChI is InChI=1S/C20H19NO5/c1-13(19-10-14-5-3-4-6-18(14)26-19)21-20(23)12-25-17-8-7-16(24-2)9-15(17)11-22/h3-11,13H,12H2,1-2H3,(H,21,23)/t13-/m0/s1. The molecule has 6 heteroatoms. The van der Waals surface area contributed by atoms with Gasteiger partial charge in [0.05, 0.1) is 18.7 Å². The van der Waals surface area contributed by atoms with Crippen molar-refractivity contribution in [2.45, 2.75) is 13.0 Å². The van der Waals surface area contributed by atoms with Crippen LogP contribution >= 0.6 is 0 Å². The number of carbonyl (C=O) groups is 2. The minimum atomic E-state index is -0.314. The first-order valence-electron chi connectivity index (χ1n) is 8.14. The van der Waals surface area contributed by atoms with E-state index in [1.807, 2.05) is 37.3 Å². The normalized spacial score (nSPS) is 11.8. The highest BCUT2D eigenvalue weighted by Gasteiger charge is 2.15. The predicted octanol–water partition coefficient (Wildman–Crippen LogP) is 3.51. The summed E-state index contributed by atoms with van der Waals surface area (Å²) in [6, 6.07) is 14.1. The van der Waals surface area contributed by atoms with Crippen LogP contribution in [0.25, 0.3) is 11.0 Å². The van der Waals surface area contributed by atoms with Crippen molar-refractivity contribution in [3.05, 3.63) is 59.9 Å². The van der Waals surface area contributed by atoms with E-state index in [4.69, 9.17) is 13.9 Å². The van der Waals surface area contributed by atoms with Crippen LogP contribution in [-0.2, 0) is 4.79 Å². The molecule has 0 saturated carbocycles. The Morgan fingerprint density at radius 1 is 1.23 bits per heavy atom. The molecule has 0 bridgehead atoms. The van der Waals surface area contributed by atoms with Crippen LogP contribution in [0, 0.1) is 0 Å². The molecule has 0 aliphatic rings. The Hall–Kier alpha value is -3.28. The number of hydrogen-bond acceptors (Lipinski definition) is 5. The minimum Gasteiger partial charge on any atom is -0.497 e. The summed E-state index contributed by atoms with van der Waals surface area (Å²) in [4.78, 5) is 23.3. The molecular formula is C20H19NO5. The van der Waals surface area contributed by atoms with Crippen LogP contribution in [-0.4, -0.2) is 25.9 Å². The molecule has 26 heavy (non-hydrogen) atoms. The van der Waals surface area contributed by atoms with Crippen LogP contribution in [0.3, 0.4) is 0 Å². The van der Waals surface area contributed by atoms with Gasteiger partial charge < -0.3 is 19.2 Å². The topological polar surface area (TPSA) is 77.8 Å². The van der Waals surface area contributed by atoms with Crippen LogP contribution in [0.15, 0.2) is 52.9 Å². The summed E-state index contributed by atoms with van der Waals surface area (Å²) in [7, 11) is 1.51. The lowest BCUT2D eigenvalue weighted by Gasteiger charge is -2.13. The molecule has 0 aliphatic heterocycles. The smallest absolute Gasteiger partial charge is 0.258 e. The summed E-state index contributed by atoms with van der Waals surface area (Å²) >= 11 is 0. The Morgan fingerprint density at radius 3 is 2.77 bits per heavy atom. The molecule has 1 aromatic heterocycles. The Bertz CT molecular complexity index is 898. The zero-order chi connectivity index (χ0) is 18.5. The predicted molar refractivity (Wildman–Crippen MR) is 96.6 cm³/mol. The average molecular weight is 353 g/mol. The van der Waals surface area contributed by atoms with Crippen molar-refractivity contribution in [1.82, 2.24) is 5.32 Å². The summed E-state index contributed by atoms with van der Waals surface area (Å²) in [6.45, 7) is 1.62. The van der Waals surface area contributed by atoms with E-state index in [1.54, 1.807) is 18.2 Å². The number of hydrogen-bond donors (Lipinski definition) is 1. The van der Waals surface area contributed by atoms with Gasteiger partial charge in [0, 0.05) is 5.39 Å². The van der Waals surface area contributed by atoms with Crippen molar-refractivity contribution in [3.8, 4) is 11.5 Å². The molecule has 2 aromatic carbocycles. The molecule has 0 aliphatic carbocycles. The van der Waals surface area contributed by atoms with Gasteiger partial charge in [0.1, 0.15) is 22.8 Å². The number of ether oxygens (including phenoxy) is 2. The molecule has 1 atom stereocenters. The highest BCUT2D eigenvalue weighted by Crippen LogP contribution is 2.24. The number of aldehydes is 1. The second-order valence-corrected chi connectivity index (χ2v) is 5.79. The molecule has 1 heterocycles. The molecule has 0 fully saturated rings. The zero-order valence-corrected chi connectivity index (χ0v) is 14.5. The van der Waals surface area contributed by atoms with Gasteiger partial charge in [-0.05, 0) is 37.3 Å². The number of furan rings is 1. The van der Waals surface area contributed by atoms with E-state index in [0.29, 0.717) is 29.1 Å². The Kier molecular flexibility index (Phi) is 5.22. The number of benzene rings is 2. The van der Waals surface area contributed by atoms with Crippen LogP contribution in [0.5, 0.6) is 11.5 Å². The Morgan fingerprint density at radius 2 is 2.04 bits per heavy atom. The van der Waals surface area contributed by atoms with Gasteiger partial charge in [-0.25, -0.2) is 0 Å². The molecule has 3 aromatic rings. The first-order valence-corrected chi connectivity index (χ1v) is 8.14. The molecule has 1 amide bonds. The fourth-order valence-electron chi connectivity index (χ4n) is 2.59. The first-order chi connectivity index (χ1) is 12.6. The molecule has 3 rings (SSSR count). The second-order valence-electron chi connectivity index (χ2n) is 5.79. The van der Waals surface area contributed by atoms with Crippen molar-refractivity contribution in [1.29, 1.82) is 0 Å². The second kappa shape index (κ2) is 7.74. The Labute approximate surface area is 150 Å². The summed E-state index contributed by atoms with van der Waals surface area (Å²) in [5.74, 6) is 1.22. The van der Waals surface area contributed by atoms with Crippen molar-refractivity contribution in [2.75, 3.05) is 13.7 Å². The van der Waals surface area contributed by atoms with Crippen molar-refractivity contribution >= 4 is 23.2 Å². The van der Waals surface area contributed by atoms with Crippen molar-refractivity contribution in [3.63, 3.8) is 0 Å². The zero-order valence-electron chi connectivity index (χ0n) is 14.5. The maximum Gasteiger partial charge on any atom is 0.258 e. The number of fused-ring (bicyclic) bond motifs is 1. The van der Waals surface area contributed by atoms with E-state index in [2.05, 4.69) is 5.32 Å². The number of rotatable bonds is 7. The molecule has 0 radical (unpaired) electrons. The van der Waals surface area contributed by atoms with E-state index in [0.717, 1.165) is 11.0 Å². The first kappa shape index (κ1) is 17.5. The van der Waals surface area contributed by atoms with Gasteiger partial charge in [-0.15, -0.1) is 0 Å². The monoisotopic (exact) mass is 353 g/mol. The molecular weight excluding hydrogens is 334 g/mol. The third kappa shape index (κ3) is 3.85. The SMILES string of the molecule is COc1ccc(OCC(=O)N[C@@H](C)c2cc3ccccc3o2)c(C=O)c1. The number of carbonyl (C=O) groups excluding carboxylic acids is 2. The lowest BCUT2D eigenvalue weighted by Crippen LogP contribution is -2.31. The van der Waals surface area contributed by atoms with Gasteiger partial charge in [-0.3, -0.25) is 9.59 Å². The number of nitrogens with one attached hydrogen (secondary N) is 1. The molecule has 6 nitrogen and oxygen atoms in total. The summed E-state index contributed by atoms with van der Waals surface area (Å²) < 4.78 is 16.3. The molecule has 0 saturated heterocycles. The number of para-hydroxylation sites is 1. The quantitative estimate of drug-likeness (QED) is 0.658. The molecule has 1 N–H and O–H groups in total. The third-order valence-corrected chi connectivity index (χ3v) is 3.95. The van der Waals surface area contributed by atoms with E-state index in [-0.39, 0.29) is 18.6 Å². The highest BCUT2D eigenvalue weighted by molar-refractivity contribution is 5.82. The molecule has 134 valence electrons. The van der Waals surface area contributed by atoms with Crippen LogP contribution in [0.4, 0.5) is 0 Å². The summed E-state index contributed by atoms with van der Waals surface area (Å²) in [6.07, 6.45) is 0.660. The third-order valence-electron chi connectivity index (χ3n) is 3.95. The van der Waals surface area contributed by atoms with Crippen molar-refractivity contribution in [2.24, 2.45) is 0 Å². The van der Waals surface area contributed by atoms with E-state index in [9.17, 15) is 9.59 Å². The fourth-order valence-corrected chi connectivity index (χ4v) is 2.59. The van der Waals surface area contributed by atoms with Crippen molar-refractivity contribution < 1.29 is 23.5 Å². The van der Waals surface area contributed by atoms with Gasteiger partial charge in [0.15, 0.2) is 12.9 Å². The van der Waals surface area contributed by atoms with Crippen LogP contribution < -0.4 is 14.8 Å².